The maximum atomic E-state index is 13.4. The first kappa shape index (κ1) is 20.6. The molecule has 156 valence electrons. The number of nitrogens with zero attached hydrogens (tertiary/aromatic N) is 3. The number of thioether (sulfide) groups is 1. The lowest BCUT2D eigenvalue weighted by Crippen LogP contribution is -2.33. The average molecular weight is 425 g/mol. The van der Waals surface area contributed by atoms with E-state index >= 15 is 0 Å². The molecule has 1 N–H and O–H groups in total. The van der Waals surface area contributed by atoms with Crippen molar-refractivity contribution in [3.05, 3.63) is 71.8 Å². The van der Waals surface area contributed by atoms with Crippen molar-refractivity contribution >= 4 is 17.7 Å². The van der Waals surface area contributed by atoms with Crippen molar-refractivity contribution in [3.63, 3.8) is 0 Å². The molecule has 1 aliphatic carbocycles. The lowest BCUT2D eigenvalue weighted by Gasteiger charge is -2.23. The normalized spacial score (nSPS) is 15.3. The van der Waals surface area contributed by atoms with Crippen LogP contribution in [0.2, 0.25) is 0 Å². The largest absolute Gasteiger partial charge is 0.348 e. The molecule has 1 aliphatic rings. The minimum absolute atomic E-state index is 0.0208. The Hall–Kier alpha value is -2.67. The lowest BCUT2D eigenvalue weighted by atomic mass is 9.84. The van der Waals surface area contributed by atoms with Gasteiger partial charge in [0.15, 0.2) is 11.0 Å². The predicted molar refractivity (Wildman–Crippen MR) is 116 cm³/mol. The zero-order chi connectivity index (χ0) is 20.9. The molecular weight excluding hydrogens is 399 g/mol. The Bertz CT molecular complexity index is 984. The molecule has 2 aromatic carbocycles. The molecule has 1 atom stereocenters. The molecule has 1 saturated carbocycles. The van der Waals surface area contributed by atoms with E-state index in [1.54, 1.807) is 12.1 Å². The number of amides is 1. The summed E-state index contributed by atoms with van der Waals surface area (Å²) in [5.41, 5.74) is 1.83. The standard InChI is InChI=1S/C23H25FN4OS/c1-30-23-27-26-20(28(23)19-13-11-18(24)12-14-19)15-25-22(29)21(17-9-5-6-10-17)16-7-3-2-4-8-16/h2-4,7-8,11-14,17,21H,5-6,9-10,15H2,1H3,(H,25,29). The summed E-state index contributed by atoms with van der Waals surface area (Å²) in [6, 6.07) is 16.2. The smallest absolute Gasteiger partial charge is 0.228 e. The highest BCUT2D eigenvalue weighted by Gasteiger charge is 2.32. The van der Waals surface area contributed by atoms with Gasteiger partial charge in [-0.2, -0.15) is 0 Å². The molecule has 0 saturated heterocycles. The van der Waals surface area contributed by atoms with E-state index in [2.05, 4.69) is 15.5 Å². The highest BCUT2D eigenvalue weighted by Crippen LogP contribution is 2.37. The van der Waals surface area contributed by atoms with Crippen LogP contribution in [0.3, 0.4) is 0 Å². The minimum atomic E-state index is -0.297. The number of hydrogen-bond donors (Lipinski definition) is 1. The quantitative estimate of drug-likeness (QED) is 0.558. The second-order valence-electron chi connectivity index (χ2n) is 7.57. The van der Waals surface area contributed by atoms with E-state index in [4.69, 9.17) is 0 Å². The Morgan fingerprint density at radius 3 is 2.50 bits per heavy atom. The number of nitrogens with one attached hydrogen (secondary N) is 1. The van der Waals surface area contributed by atoms with Crippen molar-refractivity contribution in [2.24, 2.45) is 5.92 Å². The van der Waals surface area contributed by atoms with Crippen molar-refractivity contribution < 1.29 is 9.18 Å². The molecule has 0 bridgehead atoms. The van der Waals surface area contributed by atoms with Gasteiger partial charge in [0.2, 0.25) is 5.91 Å². The molecule has 3 aromatic rings. The first-order chi connectivity index (χ1) is 14.7. The third kappa shape index (κ3) is 4.41. The summed E-state index contributed by atoms with van der Waals surface area (Å²) >= 11 is 1.46. The number of hydrogen-bond acceptors (Lipinski definition) is 4. The van der Waals surface area contributed by atoms with E-state index in [-0.39, 0.29) is 24.2 Å². The van der Waals surface area contributed by atoms with Gasteiger partial charge in [-0.15, -0.1) is 10.2 Å². The van der Waals surface area contributed by atoms with Crippen molar-refractivity contribution in [1.82, 2.24) is 20.1 Å². The van der Waals surface area contributed by atoms with Crippen molar-refractivity contribution in [2.75, 3.05) is 6.26 Å². The fourth-order valence-corrected chi connectivity index (χ4v) is 4.78. The number of benzene rings is 2. The van der Waals surface area contributed by atoms with E-state index < -0.39 is 0 Å². The maximum Gasteiger partial charge on any atom is 0.228 e. The van der Waals surface area contributed by atoms with Gasteiger partial charge < -0.3 is 5.32 Å². The van der Waals surface area contributed by atoms with Crippen LogP contribution in [0.5, 0.6) is 0 Å². The Kier molecular flexibility index (Phi) is 6.47. The SMILES string of the molecule is CSc1nnc(CNC(=O)C(c2ccccc2)C2CCCC2)n1-c1ccc(F)cc1. The van der Waals surface area contributed by atoms with Gasteiger partial charge in [0.05, 0.1) is 12.5 Å². The maximum absolute atomic E-state index is 13.4. The van der Waals surface area contributed by atoms with Gasteiger partial charge in [-0.05, 0) is 54.8 Å². The fourth-order valence-electron chi connectivity index (χ4n) is 4.26. The van der Waals surface area contributed by atoms with Crippen LogP contribution >= 0.6 is 11.8 Å². The van der Waals surface area contributed by atoms with Crippen LogP contribution in [0.4, 0.5) is 4.39 Å². The Balaban J connectivity index is 1.55. The molecular formula is C23H25FN4OS. The summed E-state index contributed by atoms with van der Waals surface area (Å²) in [5, 5.41) is 12.3. The number of carbonyl (C=O) groups excluding carboxylic acids is 1. The Morgan fingerprint density at radius 1 is 1.13 bits per heavy atom. The third-order valence-electron chi connectivity index (χ3n) is 5.70. The van der Waals surface area contributed by atoms with Crippen molar-refractivity contribution in [2.45, 2.75) is 43.3 Å². The molecule has 1 heterocycles. The summed E-state index contributed by atoms with van der Waals surface area (Å²) in [4.78, 5) is 13.2. The Labute approximate surface area is 180 Å². The van der Waals surface area contributed by atoms with Gasteiger partial charge in [0, 0.05) is 5.69 Å². The van der Waals surface area contributed by atoms with E-state index in [0.29, 0.717) is 16.9 Å². The molecule has 1 unspecified atom stereocenters. The lowest BCUT2D eigenvalue weighted by molar-refractivity contribution is -0.124. The molecule has 4 rings (SSSR count). The van der Waals surface area contributed by atoms with Gasteiger partial charge in [-0.1, -0.05) is 54.9 Å². The van der Waals surface area contributed by atoms with Gasteiger partial charge >= 0.3 is 0 Å². The second kappa shape index (κ2) is 9.43. The summed E-state index contributed by atoms with van der Waals surface area (Å²) in [5.74, 6) is 0.555. The van der Waals surface area contributed by atoms with Crippen molar-refractivity contribution in [1.29, 1.82) is 0 Å². The summed E-state index contributed by atoms with van der Waals surface area (Å²) < 4.78 is 15.2. The van der Waals surface area contributed by atoms with E-state index in [0.717, 1.165) is 24.1 Å². The summed E-state index contributed by atoms with van der Waals surface area (Å²) in [6.45, 7) is 0.264. The van der Waals surface area contributed by atoms with Crippen LogP contribution in [0.25, 0.3) is 5.69 Å². The van der Waals surface area contributed by atoms with Crippen LogP contribution in [0, 0.1) is 11.7 Å². The van der Waals surface area contributed by atoms with Crippen LogP contribution in [-0.2, 0) is 11.3 Å². The molecule has 7 heteroatoms. The van der Waals surface area contributed by atoms with Crippen LogP contribution < -0.4 is 5.32 Å². The van der Waals surface area contributed by atoms with E-state index in [9.17, 15) is 9.18 Å². The topological polar surface area (TPSA) is 59.8 Å². The Morgan fingerprint density at radius 2 is 1.83 bits per heavy atom. The second-order valence-corrected chi connectivity index (χ2v) is 8.34. The number of halogens is 1. The zero-order valence-corrected chi connectivity index (χ0v) is 17.7. The van der Waals surface area contributed by atoms with Gasteiger partial charge in [0.1, 0.15) is 5.82 Å². The molecule has 1 aromatic heterocycles. The van der Waals surface area contributed by atoms with Crippen LogP contribution in [-0.4, -0.2) is 26.9 Å². The highest BCUT2D eigenvalue weighted by atomic mass is 32.2. The van der Waals surface area contributed by atoms with E-state index in [1.165, 1.54) is 36.7 Å². The summed E-state index contributed by atoms with van der Waals surface area (Å²) in [6.07, 6.45) is 6.43. The first-order valence-corrected chi connectivity index (χ1v) is 11.5. The average Bonchev–Trinajstić information content (AvgIpc) is 3.44. The molecule has 1 fully saturated rings. The predicted octanol–water partition coefficient (Wildman–Crippen LogP) is 4.72. The molecule has 5 nitrogen and oxygen atoms in total. The molecule has 0 aliphatic heterocycles. The highest BCUT2D eigenvalue weighted by molar-refractivity contribution is 7.98. The van der Waals surface area contributed by atoms with Crippen LogP contribution in [0.15, 0.2) is 59.8 Å². The minimum Gasteiger partial charge on any atom is -0.348 e. The van der Waals surface area contributed by atoms with Crippen LogP contribution in [0.1, 0.15) is 43.0 Å². The molecule has 0 spiro atoms. The fraction of sp³-hybridized carbons (Fsp3) is 0.348. The first-order valence-electron chi connectivity index (χ1n) is 10.2. The zero-order valence-electron chi connectivity index (χ0n) is 16.9. The van der Waals surface area contributed by atoms with Gasteiger partial charge in [-0.3, -0.25) is 9.36 Å². The molecule has 30 heavy (non-hydrogen) atoms. The monoisotopic (exact) mass is 424 g/mol. The van der Waals surface area contributed by atoms with Gasteiger partial charge in [0.25, 0.3) is 0 Å². The van der Waals surface area contributed by atoms with E-state index in [1.807, 2.05) is 41.2 Å². The number of aromatic nitrogens is 3. The molecule has 0 radical (unpaired) electrons. The number of rotatable bonds is 7. The van der Waals surface area contributed by atoms with Crippen molar-refractivity contribution in [3.8, 4) is 5.69 Å². The molecule has 1 amide bonds. The third-order valence-corrected chi connectivity index (χ3v) is 6.33. The summed E-state index contributed by atoms with van der Waals surface area (Å²) in [7, 11) is 0. The van der Waals surface area contributed by atoms with Gasteiger partial charge in [-0.25, -0.2) is 4.39 Å². The number of carbonyl (C=O) groups is 1.